The van der Waals surface area contributed by atoms with E-state index in [2.05, 4.69) is 5.32 Å². The third kappa shape index (κ3) is 2.17. The lowest BCUT2D eigenvalue weighted by molar-refractivity contribution is -0.119. The van der Waals surface area contributed by atoms with E-state index in [-0.39, 0.29) is 17.9 Å². The van der Waals surface area contributed by atoms with Gasteiger partial charge < -0.3 is 5.32 Å². The summed E-state index contributed by atoms with van der Waals surface area (Å²) in [7, 11) is 0. The summed E-state index contributed by atoms with van der Waals surface area (Å²) >= 11 is 5.22. The van der Waals surface area contributed by atoms with Crippen molar-refractivity contribution < 1.29 is 4.79 Å². The highest BCUT2D eigenvalue weighted by Crippen LogP contribution is 2.22. The van der Waals surface area contributed by atoms with Crippen LogP contribution < -0.4 is 10.2 Å². The van der Waals surface area contributed by atoms with Gasteiger partial charge in [0.1, 0.15) is 6.04 Å². The number of aryl methyl sites for hydroxylation is 1. The molecule has 1 aliphatic heterocycles. The second kappa shape index (κ2) is 4.45. The van der Waals surface area contributed by atoms with Crippen molar-refractivity contribution in [2.45, 2.75) is 26.8 Å². The molecule has 0 aromatic heterocycles. The van der Waals surface area contributed by atoms with Crippen LogP contribution in [-0.2, 0) is 4.79 Å². The van der Waals surface area contributed by atoms with Crippen LogP contribution in [0.15, 0.2) is 24.3 Å². The molecule has 1 aromatic rings. The predicted molar refractivity (Wildman–Crippen MR) is 73.0 cm³/mol. The molecule has 17 heavy (non-hydrogen) atoms. The van der Waals surface area contributed by atoms with E-state index < -0.39 is 0 Å². The van der Waals surface area contributed by atoms with E-state index in [0.717, 1.165) is 5.69 Å². The average Bonchev–Trinajstić information content (AvgIpc) is 2.56. The van der Waals surface area contributed by atoms with Crippen molar-refractivity contribution in [1.29, 1.82) is 0 Å². The van der Waals surface area contributed by atoms with Gasteiger partial charge in [0.25, 0.3) is 5.91 Å². The van der Waals surface area contributed by atoms with E-state index in [9.17, 15) is 4.79 Å². The lowest BCUT2D eigenvalue weighted by Crippen LogP contribution is -2.34. The van der Waals surface area contributed by atoms with Gasteiger partial charge in [0, 0.05) is 0 Å². The Hall–Kier alpha value is -1.42. The number of anilines is 1. The lowest BCUT2D eigenvalue weighted by Gasteiger charge is -2.15. The molecule has 0 unspecified atom stereocenters. The molecular weight excluding hydrogens is 232 g/mol. The molecule has 3 nitrogen and oxygen atoms in total. The van der Waals surface area contributed by atoms with Crippen molar-refractivity contribution in [2.24, 2.45) is 5.92 Å². The number of nitrogens with one attached hydrogen (secondary N) is 1. The zero-order valence-electron chi connectivity index (χ0n) is 10.2. The molecule has 0 radical (unpaired) electrons. The van der Waals surface area contributed by atoms with E-state index in [1.165, 1.54) is 5.56 Å². The van der Waals surface area contributed by atoms with Crippen LogP contribution in [0.5, 0.6) is 0 Å². The first kappa shape index (κ1) is 12.0. The number of amides is 1. The van der Waals surface area contributed by atoms with Crippen molar-refractivity contribution in [3.8, 4) is 0 Å². The van der Waals surface area contributed by atoms with E-state index in [1.807, 2.05) is 45.0 Å². The summed E-state index contributed by atoms with van der Waals surface area (Å²) in [5.41, 5.74) is 2.00. The number of hydrogen-bond acceptors (Lipinski definition) is 2. The van der Waals surface area contributed by atoms with Crippen LogP contribution in [0.1, 0.15) is 19.4 Å². The third-order valence-corrected chi connectivity index (χ3v) is 3.23. The molecule has 1 heterocycles. The minimum Gasteiger partial charge on any atom is -0.350 e. The molecule has 1 aliphatic rings. The third-order valence-electron chi connectivity index (χ3n) is 2.93. The number of hydrogen-bond donors (Lipinski definition) is 1. The van der Waals surface area contributed by atoms with Crippen LogP contribution in [0.25, 0.3) is 0 Å². The highest BCUT2D eigenvalue weighted by Gasteiger charge is 2.37. The van der Waals surface area contributed by atoms with Crippen molar-refractivity contribution >= 4 is 28.9 Å². The highest BCUT2D eigenvalue weighted by molar-refractivity contribution is 7.80. The molecule has 90 valence electrons. The first-order valence-electron chi connectivity index (χ1n) is 5.72. The molecule has 1 aromatic carbocycles. The average molecular weight is 248 g/mol. The van der Waals surface area contributed by atoms with Crippen molar-refractivity contribution in [2.75, 3.05) is 4.90 Å². The normalized spacial score (nSPS) is 20.0. The summed E-state index contributed by atoms with van der Waals surface area (Å²) < 4.78 is 0. The summed E-state index contributed by atoms with van der Waals surface area (Å²) in [6, 6.07) is 7.60. The van der Waals surface area contributed by atoms with Gasteiger partial charge in [0.15, 0.2) is 5.11 Å². The van der Waals surface area contributed by atoms with Crippen LogP contribution in [0.2, 0.25) is 0 Å². The van der Waals surface area contributed by atoms with Gasteiger partial charge in [-0.25, -0.2) is 0 Å². The Balaban J connectivity index is 2.30. The molecule has 1 amide bonds. The summed E-state index contributed by atoms with van der Waals surface area (Å²) in [6.45, 7) is 6.04. The molecule has 1 atom stereocenters. The maximum absolute atomic E-state index is 12.2. The van der Waals surface area contributed by atoms with Crippen LogP contribution >= 0.6 is 12.2 Å². The van der Waals surface area contributed by atoms with Crippen LogP contribution in [0.3, 0.4) is 0 Å². The van der Waals surface area contributed by atoms with Gasteiger partial charge in [-0.05, 0) is 37.2 Å². The monoisotopic (exact) mass is 248 g/mol. The topological polar surface area (TPSA) is 32.3 Å². The number of carbonyl (C=O) groups excluding carboxylic acids is 1. The van der Waals surface area contributed by atoms with Gasteiger partial charge in [-0.1, -0.05) is 31.5 Å². The van der Waals surface area contributed by atoms with E-state index in [0.29, 0.717) is 5.11 Å². The summed E-state index contributed by atoms with van der Waals surface area (Å²) in [4.78, 5) is 13.8. The fraction of sp³-hybridized carbons (Fsp3) is 0.385. The molecule has 4 heteroatoms. The Morgan fingerprint density at radius 2 is 1.88 bits per heavy atom. The SMILES string of the molecule is Cc1ccc(N2C(=O)[C@H](C(C)C)NC2=S)cc1. The Kier molecular flexibility index (Phi) is 3.15. The molecule has 1 N–H and O–H groups in total. The van der Waals surface area contributed by atoms with Gasteiger partial charge in [0.2, 0.25) is 0 Å². The first-order valence-corrected chi connectivity index (χ1v) is 6.12. The van der Waals surface area contributed by atoms with Gasteiger partial charge in [-0.3, -0.25) is 9.69 Å². The van der Waals surface area contributed by atoms with Crippen LogP contribution in [0, 0.1) is 12.8 Å². The molecule has 0 bridgehead atoms. The highest BCUT2D eigenvalue weighted by atomic mass is 32.1. The summed E-state index contributed by atoms with van der Waals surface area (Å²) in [6.07, 6.45) is 0. The quantitative estimate of drug-likeness (QED) is 0.815. The van der Waals surface area contributed by atoms with Gasteiger partial charge in [-0.2, -0.15) is 0 Å². The van der Waals surface area contributed by atoms with Gasteiger partial charge in [-0.15, -0.1) is 0 Å². The van der Waals surface area contributed by atoms with Gasteiger partial charge in [0.05, 0.1) is 5.69 Å². The fourth-order valence-electron chi connectivity index (χ4n) is 1.89. The standard InChI is InChI=1S/C13H16N2OS/c1-8(2)11-12(16)15(13(17)14-11)10-6-4-9(3)5-7-10/h4-8,11H,1-3H3,(H,14,17)/t11-/m0/s1. The maximum Gasteiger partial charge on any atom is 0.256 e. The Morgan fingerprint density at radius 1 is 1.29 bits per heavy atom. The lowest BCUT2D eigenvalue weighted by atomic mass is 10.0. The van der Waals surface area contributed by atoms with E-state index in [4.69, 9.17) is 12.2 Å². The zero-order chi connectivity index (χ0) is 12.6. The number of rotatable bonds is 2. The van der Waals surface area contributed by atoms with Crippen molar-refractivity contribution in [3.05, 3.63) is 29.8 Å². The molecular formula is C13H16N2OS. The van der Waals surface area contributed by atoms with E-state index in [1.54, 1.807) is 4.90 Å². The van der Waals surface area contributed by atoms with Crippen molar-refractivity contribution in [1.82, 2.24) is 5.32 Å². The maximum atomic E-state index is 12.2. The minimum atomic E-state index is -0.205. The number of benzene rings is 1. The second-order valence-electron chi connectivity index (χ2n) is 4.68. The molecule has 0 aliphatic carbocycles. The molecule has 0 spiro atoms. The van der Waals surface area contributed by atoms with Gasteiger partial charge >= 0.3 is 0 Å². The van der Waals surface area contributed by atoms with Crippen molar-refractivity contribution in [3.63, 3.8) is 0 Å². The molecule has 1 fully saturated rings. The van der Waals surface area contributed by atoms with Crippen LogP contribution in [-0.4, -0.2) is 17.1 Å². The number of carbonyl (C=O) groups is 1. The Morgan fingerprint density at radius 3 is 2.35 bits per heavy atom. The molecule has 2 rings (SSSR count). The summed E-state index contributed by atoms with van der Waals surface area (Å²) in [5, 5.41) is 3.57. The fourth-order valence-corrected chi connectivity index (χ4v) is 2.21. The van der Waals surface area contributed by atoms with E-state index >= 15 is 0 Å². The molecule has 1 saturated heterocycles. The molecule has 0 saturated carbocycles. The predicted octanol–water partition coefficient (Wildman–Crippen LogP) is 2.24. The zero-order valence-corrected chi connectivity index (χ0v) is 11.0. The Bertz CT molecular complexity index is 453. The summed E-state index contributed by atoms with van der Waals surface area (Å²) in [5.74, 6) is 0.268. The van der Waals surface area contributed by atoms with Crippen LogP contribution in [0.4, 0.5) is 5.69 Å². The first-order chi connectivity index (χ1) is 8.00. The number of thiocarbonyl (C=S) groups is 1. The Labute approximate surface area is 107 Å². The second-order valence-corrected chi connectivity index (χ2v) is 5.07. The smallest absolute Gasteiger partial charge is 0.256 e. The largest absolute Gasteiger partial charge is 0.350 e. The minimum absolute atomic E-state index is 0.0360. The number of nitrogens with zero attached hydrogens (tertiary/aromatic N) is 1.